The highest BCUT2D eigenvalue weighted by Crippen LogP contribution is 2.47. The summed E-state index contributed by atoms with van der Waals surface area (Å²) in [5.74, 6) is 1.24. The van der Waals surface area contributed by atoms with Crippen LogP contribution in [0.3, 0.4) is 0 Å². The van der Waals surface area contributed by atoms with Gasteiger partial charge in [-0.2, -0.15) is 4.31 Å². The predicted octanol–water partition coefficient (Wildman–Crippen LogP) is 1.21. The largest absolute Gasteiger partial charge is 0.316 e. The normalized spacial score (nSPS) is 33.6. The van der Waals surface area contributed by atoms with Gasteiger partial charge in [0, 0.05) is 18.7 Å². The monoisotopic (exact) mass is 337 g/mol. The third-order valence-corrected chi connectivity index (χ3v) is 7.61. The summed E-state index contributed by atoms with van der Waals surface area (Å²) >= 11 is 0. The minimum Gasteiger partial charge on any atom is -0.316 e. The molecule has 1 aromatic rings. The summed E-state index contributed by atoms with van der Waals surface area (Å²) < 4.78 is 27.7. The molecule has 7 nitrogen and oxygen atoms in total. The first kappa shape index (κ1) is 15.0. The number of fused-ring (bicyclic) bond motifs is 2. The van der Waals surface area contributed by atoms with E-state index in [1.165, 1.54) is 22.5 Å². The zero-order valence-electron chi connectivity index (χ0n) is 12.6. The van der Waals surface area contributed by atoms with Gasteiger partial charge in [-0.15, -0.1) is 0 Å². The zero-order chi connectivity index (χ0) is 16.2. The van der Waals surface area contributed by atoms with Gasteiger partial charge in [0.2, 0.25) is 10.0 Å². The second kappa shape index (κ2) is 5.25. The summed E-state index contributed by atoms with van der Waals surface area (Å²) in [6.07, 6.45) is 1.91. The summed E-state index contributed by atoms with van der Waals surface area (Å²) in [4.78, 5) is 10.4. The predicted molar refractivity (Wildman–Crippen MR) is 83.3 cm³/mol. The quantitative estimate of drug-likeness (QED) is 0.661. The lowest BCUT2D eigenvalue weighted by atomic mass is 9.68. The fourth-order valence-electron chi connectivity index (χ4n) is 4.65. The molecule has 0 spiro atoms. The van der Waals surface area contributed by atoms with Gasteiger partial charge in [0.05, 0.1) is 4.92 Å². The Morgan fingerprint density at radius 2 is 1.91 bits per heavy atom. The van der Waals surface area contributed by atoms with E-state index in [4.69, 9.17) is 0 Å². The fourth-order valence-corrected chi connectivity index (χ4v) is 6.57. The maximum atomic E-state index is 13.1. The Morgan fingerprint density at radius 1 is 1.17 bits per heavy atom. The molecule has 0 radical (unpaired) electrons. The summed E-state index contributed by atoms with van der Waals surface area (Å²) in [5.41, 5.74) is -0.338. The molecule has 3 aliphatic heterocycles. The maximum absolute atomic E-state index is 13.1. The van der Waals surface area contributed by atoms with Crippen LogP contribution in [0.2, 0.25) is 0 Å². The zero-order valence-corrected chi connectivity index (χ0v) is 13.4. The van der Waals surface area contributed by atoms with Crippen LogP contribution in [-0.2, 0) is 10.0 Å². The molecule has 1 N–H and O–H groups in total. The third kappa shape index (κ3) is 2.20. The molecule has 4 atom stereocenters. The number of sulfonamides is 1. The number of hydrogen-bond acceptors (Lipinski definition) is 5. The first-order chi connectivity index (χ1) is 11.0. The van der Waals surface area contributed by atoms with Gasteiger partial charge >= 0.3 is 0 Å². The van der Waals surface area contributed by atoms with Gasteiger partial charge < -0.3 is 5.32 Å². The first-order valence-electron chi connectivity index (χ1n) is 7.96. The maximum Gasteiger partial charge on any atom is 0.289 e. The van der Waals surface area contributed by atoms with Gasteiger partial charge in [0.25, 0.3) is 5.69 Å². The molecule has 0 aromatic heterocycles. The van der Waals surface area contributed by atoms with Crippen LogP contribution >= 0.6 is 0 Å². The average molecular weight is 337 g/mol. The van der Waals surface area contributed by atoms with Crippen LogP contribution in [0.1, 0.15) is 12.8 Å². The molecule has 4 fully saturated rings. The van der Waals surface area contributed by atoms with Gasteiger partial charge in [0.1, 0.15) is 0 Å². The van der Waals surface area contributed by atoms with E-state index >= 15 is 0 Å². The smallest absolute Gasteiger partial charge is 0.289 e. The fraction of sp³-hybridized carbons (Fsp3) is 0.600. The summed E-state index contributed by atoms with van der Waals surface area (Å²) in [7, 11) is -3.84. The van der Waals surface area contributed by atoms with Crippen molar-refractivity contribution < 1.29 is 13.3 Å². The molecule has 2 bridgehead atoms. The van der Waals surface area contributed by atoms with Crippen molar-refractivity contribution in [1.82, 2.24) is 9.62 Å². The van der Waals surface area contributed by atoms with Gasteiger partial charge in [-0.3, -0.25) is 10.1 Å². The number of nitro benzene ring substituents is 1. The number of nitrogens with one attached hydrogen (secondary N) is 1. The van der Waals surface area contributed by atoms with Gasteiger partial charge in [0.15, 0.2) is 4.90 Å². The topological polar surface area (TPSA) is 92.5 Å². The summed E-state index contributed by atoms with van der Waals surface area (Å²) in [6.45, 7) is 2.29. The second-order valence-corrected chi connectivity index (χ2v) is 8.55. The van der Waals surface area contributed by atoms with E-state index in [0.29, 0.717) is 24.3 Å². The molecule has 1 aliphatic carbocycles. The Morgan fingerprint density at radius 3 is 2.70 bits per heavy atom. The molecule has 5 rings (SSSR count). The molecule has 124 valence electrons. The number of hydrogen-bond donors (Lipinski definition) is 1. The number of rotatable bonds is 3. The summed E-state index contributed by atoms with van der Waals surface area (Å²) in [6, 6.07) is 5.61. The lowest BCUT2D eigenvalue weighted by molar-refractivity contribution is -0.387. The molecule has 1 aromatic carbocycles. The van der Waals surface area contributed by atoms with Crippen LogP contribution in [0.25, 0.3) is 0 Å². The van der Waals surface area contributed by atoms with E-state index in [2.05, 4.69) is 5.32 Å². The standard InChI is InChI=1S/C15H19N3O4S/c19-18(20)14-3-1-2-4-15(14)23(21,22)17-9-10-5-6-13(17)12-8-16-7-11(10)12/h1-4,10-13,16H,5-9H2. The first-order valence-corrected chi connectivity index (χ1v) is 9.40. The van der Waals surface area contributed by atoms with Gasteiger partial charge in [-0.1, -0.05) is 12.1 Å². The Kier molecular flexibility index (Phi) is 3.44. The molecule has 3 heterocycles. The minimum atomic E-state index is -3.84. The number of piperidine rings is 2. The SMILES string of the molecule is O=[N+]([O-])c1ccccc1S(=O)(=O)N1CC2CCC1C1CNCC21. The van der Waals surface area contributed by atoms with Crippen molar-refractivity contribution in [2.24, 2.45) is 17.8 Å². The van der Waals surface area contributed by atoms with Crippen LogP contribution in [0.4, 0.5) is 5.69 Å². The van der Waals surface area contributed by atoms with Gasteiger partial charge in [-0.25, -0.2) is 8.42 Å². The number of nitrogens with zero attached hydrogens (tertiary/aromatic N) is 2. The third-order valence-electron chi connectivity index (χ3n) is 5.68. The van der Waals surface area contributed by atoms with Crippen molar-refractivity contribution >= 4 is 15.7 Å². The van der Waals surface area contributed by atoms with E-state index in [9.17, 15) is 18.5 Å². The lowest BCUT2D eigenvalue weighted by Crippen LogP contribution is -2.58. The van der Waals surface area contributed by atoms with E-state index in [1.807, 2.05) is 0 Å². The lowest BCUT2D eigenvalue weighted by Gasteiger charge is -2.51. The Hall–Kier alpha value is -1.51. The molecule has 23 heavy (non-hydrogen) atoms. The van der Waals surface area contributed by atoms with Crippen LogP contribution < -0.4 is 5.32 Å². The number of para-hydroxylation sites is 1. The Labute approximate surface area is 134 Å². The molecular formula is C15H19N3O4S. The molecule has 4 unspecified atom stereocenters. The molecule has 4 aliphatic rings. The van der Waals surface area contributed by atoms with E-state index in [0.717, 1.165) is 25.9 Å². The van der Waals surface area contributed by atoms with Crippen molar-refractivity contribution in [3.63, 3.8) is 0 Å². The average Bonchev–Trinajstić information content (AvgIpc) is 3.07. The van der Waals surface area contributed by atoms with Crippen LogP contribution in [-0.4, -0.2) is 43.3 Å². The number of benzene rings is 1. The minimum absolute atomic E-state index is 0.0372. The van der Waals surface area contributed by atoms with E-state index < -0.39 is 14.9 Å². The van der Waals surface area contributed by atoms with Gasteiger partial charge in [-0.05, 0) is 49.8 Å². The highest BCUT2D eigenvalue weighted by atomic mass is 32.2. The van der Waals surface area contributed by atoms with Crippen molar-refractivity contribution in [2.75, 3.05) is 19.6 Å². The molecule has 1 saturated carbocycles. The van der Waals surface area contributed by atoms with Crippen molar-refractivity contribution in [1.29, 1.82) is 0 Å². The van der Waals surface area contributed by atoms with E-state index in [1.54, 1.807) is 6.07 Å². The summed E-state index contributed by atoms with van der Waals surface area (Å²) in [5, 5.41) is 14.6. The van der Waals surface area contributed by atoms with Crippen LogP contribution in [0.5, 0.6) is 0 Å². The van der Waals surface area contributed by atoms with Crippen LogP contribution in [0.15, 0.2) is 29.2 Å². The van der Waals surface area contributed by atoms with Crippen molar-refractivity contribution in [3.8, 4) is 0 Å². The van der Waals surface area contributed by atoms with Crippen molar-refractivity contribution in [3.05, 3.63) is 34.4 Å². The molecule has 8 heteroatoms. The number of nitro groups is 1. The van der Waals surface area contributed by atoms with Crippen LogP contribution in [0, 0.1) is 27.9 Å². The molecular weight excluding hydrogens is 318 g/mol. The highest BCUT2D eigenvalue weighted by molar-refractivity contribution is 7.89. The molecule has 3 saturated heterocycles. The van der Waals surface area contributed by atoms with E-state index in [-0.39, 0.29) is 16.6 Å². The Bertz CT molecular complexity index is 751. The highest BCUT2D eigenvalue weighted by Gasteiger charge is 2.53. The molecule has 0 amide bonds. The van der Waals surface area contributed by atoms with Crippen molar-refractivity contribution in [2.45, 2.75) is 23.8 Å². The second-order valence-electron chi connectivity index (χ2n) is 6.69. The Balaban J connectivity index is 1.74.